The van der Waals surface area contributed by atoms with Crippen LogP contribution in [0.4, 0.5) is 0 Å². The van der Waals surface area contributed by atoms with Crippen LogP contribution >= 0.6 is 66.1 Å². The Morgan fingerprint density at radius 1 is 1.33 bits per heavy atom. The molecule has 0 aliphatic heterocycles. The van der Waals surface area contributed by atoms with Crippen molar-refractivity contribution in [3.05, 3.63) is 41.1 Å². The fourth-order valence-electron chi connectivity index (χ4n) is 1.25. The first-order valence-corrected chi connectivity index (χ1v) is 7.93. The molecule has 2 aromatic rings. The quantitative estimate of drug-likeness (QED) is 0.558. The van der Waals surface area contributed by atoms with Crippen LogP contribution in [0, 0.1) is 6.92 Å². The van der Waals surface area contributed by atoms with Crippen molar-refractivity contribution in [2.24, 2.45) is 0 Å². The fraction of sp³-hybridized carbons (Fsp3) is 0.200. The van der Waals surface area contributed by atoms with E-state index >= 15 is 0 Å². The van der Waals surface area contributed by atoms with Gasteiger partial charge in [0.2, 0.25) is 0 Å². The maximum Gasteiger partial charge on any atom is 0.0936 e. The second kappa shape index (κ2) is 4.88. The van der Waals surface area contributed by atoms with Gasteiger partial charge in [0, 0.05) is 14.2 Å². The predicted molar refractivity (Wildman–Crippen MR) is 76.5 cm³/mol. The summed E-state index contributed by atoms with van der Waals surface area (Å²) in [7, 11) is 0. The topological polar surface area (TPSA) is 0 Å². The van der Waals surface area contributed by atoms with Crippen molar-refractivity contribution in [3.63, 3.8) is 0 Å². The Labute approximate surface area is 119 Å². The van der Waals surface area contributed by atoms with E-state index in [2.05, 4.69) is 56.3 Å². The molecule has 0 amide bonds. The monoisotopic (exact) mass is 384 g/mol. The summed E-state index contributed by atoms with van der Waals surface area (Å²) in [6.07, 6.45) is 0. The zero-order valence-corrected chi connectivity index (χ0v) is 13.3. The van der Waals surface area contributed by atoms with Crippen molar-refractivity contribution in [1.82, 2.24) is 0 Å². The lowest BCUT2D eigenvalue weighted by Crippen LogP contribution is -1.85. The first-order valence-electron chi connectivity index (χ1n) is 4.21. The summed E-state index contributed by atoms with van der Waals surface area (Å²) < 4.78 is 2.16. The van der Waals surface area contributed by atoms with Gasteiger partial charge in [0.1, 0.15) is 0 Å². The molecule has 0 bridgehead atoms. The Kier molecular flexibility index (Phi) is 3.94. The number of halogens is 3. The molecule has 2 rings (SSSR count). The molecule has 0 aromatic carbocycles. The molecule has 5 heteroatoms. The van der Waals surface area contributed by atoms with Crippen LogP contribution < -0.4 is 0 Å². The highest BCUT2D eigenvalue weighted by Crippen LogP contribution is 2.41. The third-order valence-electron chi connectivity index (χ3n) is 1.96. The predicted octanol–water partition coefficient (Wildman–Crippen LogP) is 5.97. The molecule has 15 heavy (non-hydrogen) atoms. The van der Waals surface area contributed by atoms with Crippen LogP contribution in [0.3, 0.4) is 0 Å². The number of hydrogen-bond donors (Lipinski definition) is 0. The summed E-state index contributed by atoms with van der Waals surface area (Å²) in [6.45, 7) is 2.10. The minimum absolute atomic E-state index is 0.0393. The highest BCUT2D eigenvalue weighted by molar-refractivity contribution is 9.13. The van der Waals surface area contributed by atoms with Gasteiger partial charge in [0.05, 0.1) is 9.16 Å². The van der Waals surface area contributed by atoms with E-state index in [1.807, 2.05) is 0 Å². The number of aryl methyl sites for hydroxylation is 1. The third-order valence-corrected chi connectivity index (χ3v) is 6.77. The first-order chi connectivity index (χ1) is 7.08. The molecule has 0 saturated carbocycles. The van der Waals surface area contributed by atoms with E-state index in [0.717, 1.165) is 13.1 Å². The van der Waals surface area contributed by atoms with Gasteiger partial charge in [-0.3, -0.25) is 0 Å². The molecule has 0 aliphatic rings. The summed E-state index contributed by atoms with van der Waals surface area (Å²) in [4.78, 5) is 2.46. The third kappa shape index (κ3) is 2.67. The van der Waals surface area contributed by atoms with E-state index in [1.54, 1.807) is 22.7 Å². The summed E-state index contributed by atoms with van der Waals surface area (Å²) in [5.74, 6) is 0. The Bertz CT molecular complexity index is 456. The molecule has 0 spiro atoms. The van der Waals surface area contributed by atoms with Gasteiger partial charge in [-0.15, -0.1) is 34.3 Å². The van der Waals surface area contributed by atoms with Crippen molar-refractivity contribution in [2.75, 3.05) is 0 Å². The Morgan fingerprint density at radius 3 is 2.53 bits per heavy atom. The minimum atomic E-state index is -0.0393. The maximum atomic E-state index is 6.41. The van der Waals surface area contributed by atoms with Crippen LogP contribution in [-0.4, -0.2) is 0 Å². The van der Waals surface area contributed by atoms with Gasteiger partial charge in [-0.05, 0) is 61.9 Å². The van der Waals surface area contributed by atoms with Gasteiger partial charge in [-0.25, -0.2) is 0 Å². The molecule has 80 valence electrons. The zero-order valence-electron chi connectivity index (χ0n) is 7.76. The lowest BCUT2D eigenvalue weighted by molar-refractivity contribution is 1.20. The lowest BCUT2D eigenvalue weighted by Gasteiger charge is -2.03. The van der Waals surface area contributed by atoms with Crippen molar-refractivity contribution in [2.45, 2.75) is 12.3 Å². The molecule has 0 aliphatic carbocycles. The average molecular weight is 387 g/mol. The van der Waals surface area contributed by atoms with Crippen molar-refractivity contribution in [1.29, 1.82) is 0 Å². The maximum absolute atomic E-state index is 6.41. The fourth-order valence-corrected chi connectivity index (χ4v) is 4.47. The molecule has 0 fully saturated rings. The molecule has 1 atom stereocenters. The Balaban J connectivity index is 2.31. The smallest absolute Gasteiger partial charge is 0.0936 e. The summed E-state index contributed by atoms with van der Waals surface area (Å²) in [5, 5.41) is 2.08. The van der Waals surface area contributed by atoms with Gasteiger partial charge in [0.15, 0.2) is 0 Å². The van der Waals surface area contributed by atoms with E-state index in [-0.39, 0.29) is 5.38 Å². The minimum Gasteiger partial charge on any atom is -0.149 e. The van der Waals surface area contributed by atoms with Gasteiger partial charge in [-0.1, -0.05) is 0 Å². The SMILES string of the molecule is Cc1cc(C(Cl)c2cc(Br)c(Br)s2)cs1. The van der Waals surface area contributed by atoms with Gasteiger partial charge in [-0.2, -0.15) is 0 Å². The van der Waals surface area contributed by atoms with Crippen molar-refractivity contribution >= 4 is 66.1 Å². The number of rotatable bonds is 2. The second-order valence-corrected chi connectivity index (χ2v) is 7.93. The first kappa shape index (κ1) is 12.1. The Morgan fingerprint density at radius 2 is 2.07 bits per heavy atom. The van der Waals surface area contributed by atoms with Crippen molar-refractivity contribution < 1.29 is 0 Å². The lowest BCUT2D eigenvalue weighted by atomic mass is 10.2. The summed E-state index contributed by atoms with van der Waals surface area (Å²) >= 11 is 16.8. The average Bonchev–Trinajstić information content (AvgIpc) is 2.74. The molecule has 0 saturated heterocycles. The summed E-state index contributed by atoms with van der Waals surface area (Å²) in [6, 6.07) is 4.21. The number of alkyl halides is 1. The zero-order chi connectivity index (χ0) is 11.0. The molecule has 0 radical (unpaired) electrons. The second-order valence-electron chi connectivity index (χ2n) is 3.12. The van der Waals surface area contributed by atoms with Crippen LogP contribution in [0.2, 0.25) is 0 Å². The molecular weight excluding hydrogens is 380 g/mol. The standard InChI is InChI=1S/C10H7Br2ClS2/c1-5-2-6(4-14-5)9(13)8-3-7(11)10(12)15-8/h2-4,9H,1H3. The molecule has 0 nitrogen and oxygen atoms in total. The van der Waals surface area contributed by atoms with Gasteiger partial charge >= 0.3 is 0 Å². The van der Waals surface area contributed by atoms with E-state index < -0.39 is 0 Å². The highest BCUT2D eigenvalue weighted by atomic mass is 79.9. The van der Waals surface area contributed by atoms with Crippen LogP contribution in [0.1, 0.15) is 20.7 Å². The van der Waals surface area contributed by atoms with Crippen molar-refractivity contribution in [3.8, 4) is 0 Å². The van der Waals surface area contributed by atoms with E-state index in [4.69, 9.17) is 11.6 Å². The summed E-state index contributed by atoms with van der Waals surface area (Å²) in [5.41, 5.74) is 1.18. The largest absolute Gasteiger partial charge is 0.149 e. The van der Waals surface area contributed by atoms with Gasteiger partial charge < -0.3 is 0 Å². The van der Waals surface area contributed by atoms with Crippen LogP contribution in [-0.2, 0) is 0 Å². The number of thiophene rings is 2. The van der Waals surface area contributed by atoms with Crippen LogP contribution in [0.25, 0.3) is 0 Å². The Hall–Kier alpha value is 0.650. The van der Waals surface area contributed by atoms with E-state index in [0.29, 0.717) is 0 Å². The van der Waals surface area contributed by atoms with Gasteiger partial charge in [0.25, 0.3) is 0 Å². The number of hydrogen-bond acceptors (Lipinski definition) is 2. The molecule has 2 aromatic heterocycles. The van der Waals surface area contributed by atoms with E-state index in [9.17, 15) is 0 Å². The van der Waals surface area contributed by atoms with Crippen LogP contribution in [0.15, 0.2) is 25.8 Å². The molecular formula is C10H7Br2ClS2. The molecule has 2 heterocycles. The molecule has 1 unspecified atom stereocenters. The normalized spacial score (nSPS) is 13.1. The molecule has 0 N–H and O–H groups in total. The van der Waals surface area contributed by atoms with Crippen LogP contribution in [0.5, 0.6) is 0 Å². The highest BCUT2D eigenvalue weighted by Gasteiger charge is 2.16. The van der Waals surface area contributed by atoms with E-state index in [1.165, 1.54) is 10.4 Å².